The molecule has 1 N–H and O–H groups in total. The quantitative estimate of drug-likeness (QED) is 0.266. The molecule has 0 atom stereocenters. The average molecular weight is 521 g/mol. The van der Waals surface area contributed by atoms with Gasteiger partial charge in [0.25, 0.3) is 5.91 Å². The summed E-state index contributed by atoms with van der Waals surface area (Å²) in [4.78, 5) is 27.9. The molecule has 0 aliphatic rings. The van der Waals surface area contributed by atoms with Crippen LogP contribution in [0.4, 0.5) is 5.82 Å². The summed E-state index contributed by atoms with van der Waals surface area (Å²) < 4.78 is 1.61. The Balaban J connectivity index is 1.61. The van der Waals surface area contributed by atoms with Crippen LogP contribution in [0, 0.1) is 0 Å². The number of anilines is 1. The lowest BCUT2D eigenvalue weighted by molar-refractivity contribution is -0.116. The van der Waals surface area contributed by atoms with Crippen LogP contribution in [0.2, 0.25) is 10.0 Å². The molecule has 2 amide bonds. The van der Waals surface area contributed by atoms with E-state index in [9.17, 15) is 9.59 Å². The van der Waals surface area contributed by atoms with Crippen molar-refractivity contribution in [1.82, 2.24) is 14.7 Å². The highest BCUT2D eigenvalue weighted by Gasteiger charge is 2.21. The molecule has 0 bridgehead atoms. The molecule has 1 heterocycles. The highest BCUT2D eigenvalue weighted by Crippen LogP contribution is 2.28. The van der Waals surface area contributed by atoms with Crippen LogP contribution in [0.1, 0.15) is 30.1 Å². The minimum Gasteiger partial charge on any atom is -0.329 e. The Morgan fingerprint density at radius 2 is 1.64 bits per heavy atom. The zero-order valence-corrected chi connectivity index (χ0v) is 21.3. The van der Waals surface area contributed by atoms with Crippen LogP contribution in [-0.2, 0) is 4.79 Å². The van der Waals surface area contributed by atoms with Crippen LogP contribution in [0.15, 0.2) is 84.9 Å². The first kappa shape index (κ1) is 25.5. The molecule has 6 nitrogen and oxygen atoms in total. The van der Waals surface area contributed by atoms with Gasteiger partial charge in [0.1, 0.15) is 12.4 Å². The van der Waals surface area contributed by atoms with E-state index < -0.39 is 0 Å². The zero-order chi connectivity index (χ0) is 25.5. The maximum atomic E-state index is 13.2. The third kappa shape index (κ3) is 6.14. The van der Waals surface area contributed by atoms with Crippen LogP contribution in [-0.4, -0.2) is 39.6 Å². The normalized spacial score (nSPS) is 10.8. The summed E-state index contributed by atoms with van der Waals surface area (Å²) in [5.74, 6) is -0.0950. The van der Waals surface area contributed by atoms with Gasteiger partial charge in [0.15, 0.2) is 0 Å². The topological polar surface area (TPSA) is 67.2 Å². The van der Waals surface area contributed by atoms with Gasteiger partial charge < -0.3 is 10.2 Å². The maximum Gasteiger partial charge on any atom is 0.254 e. The van der Waals surface area contributed by atoms with Crippen molar-refractivity contribution in [2.24, 2.45) is 0 Å². The van der Waals surface area contributed by atoms with E-state index in [2.05, 4.69) is 5.32 Å². The predicted molar refractivity (Wildman–Crippen MR) is 145 cm³/mol. The van der Waals surface area contributed by atoms with Crippen molar-refractivity contribution in [2.45, 2.75) is 19.8 Å². The maximum absolute atomic E-state index is 13.2. The van der Waals surface area contributed by atoms with E-state index in [4.69, 9.17) is 28.3 Å². The Kier molecular flexibility index (Phi) is 8.41. The second-order valence-electron chi connectivity index (χ2n) is 8.28. The summed E-state index contributed by atoms with van der Waals surface area (Å²) in [6, 6.07) is 25.4. The molecule has 0 saturated heterocycles. The molecule has 0 fully saturated rings. The van der Waals surface area contributed by atoms with Crippen molar-refractivity contribution >= 4 is 40.8 Å². The van der Waals surface area contributed by atoms with Gasteiger partial charge in [0.05, 0.1) is 16.4 Å². The van der Waals surface area contributed by atoms with E-state index in [1.807, 2.05) is 55.5 Å². The third-order valence-electron chi connectivity index (χ3n) is 5.62. The molecule has 0 spiro atoms. The summed E-state index contributed by atoms with van der Waals surface area (Å²) in [5.41, 5.74) is 2.71. The second-order valence-corrected chi connectivity index (χ2v) is 9.12. The Bertz CT molecular complexity index is 1340. The minimum atomic E-state index is -0.332. The summed E-state index contributed by atoms with van der Waals surface area (Å²) >= 11 is 12.4. The zero-order valence-electron chi connectivity index (χ0n) is 19.8. The molecule has 8 heteroatoms. The van der Waals surface area contributed by atoms with Gasteiger partial charge >= 0.3 is 0 Å². The lowest BCUT2D eigenvalue weighted by Crippen LogP contribution is -2.39. The SMILES string of the molecule is CCCCN(CC(=O)Nc1cc(-c2ccccc2)nn1-c1ccccc1Cl)C(=O)c1ccc(Cl)cc1. The number of carbonyl (C=O) groups excluding carboxylic acids is 2. The molecule has 184 valence electrons. The van der Waals surface area contributed by atoms with Crippen molar-refractivity contribution in [2.75, 3.05) is 18.4 Å². The van der Waals surface area contributed by atoms with Crippen LogP contribution >= 0.6 is 23.2 Å². The van der Waals surface area contributed by atoms with Crippen molar-refractivity contribution in [3.63, 3.8) is 0 Å². The van der Waals surface area contributed by atoms with Gasteiger partial charge in [0.2, 0.25) is 5.91 Å². The first-order valence-corrected chi connectivity index (χ1v) is 12.5. The number of nitrogens with zero attached hydrogens (tertiary/aromatic N) is 3. The number of unbranched alkanes of at least 4 members (excludes halogenated alkanes) is 1. The number of aromatic nitrogens is 2. The Hall–Kier alpha value is -3.61. The molecule has 0 saturated carbocycles. The number of halogens is 2. The molecule has 1 aromatic heterocycles. The van der Waals surface area contributed by atoms with Crippen LogP contribution in [0.25, 0.3) is 16.9 Å². The number of hydrogen-bond donors (Lipinski definition) is 1. The third-order valence-corrected chi connectivity index (χ3v) is 6.19. The van der Waals surface area contributed by atoms with Crippen molar-refractivity contribution < 1.29 is 9.59 Å². The lowest BCUT2D eigenvalue weighted by atomic mass is 10.1. The number of rotatable bonds is 9. The van der Waals surface area contributed by atoms with E-state index in [1.165, 1.54) is 0 Å². The van der Waals surface area contributed by atoms with E-state index >= 15 is 0 Å². The van der Waals surface area contributed by atoms with Crippen molar-refractivity contribution in [1.29, 1.82) is 0 Å². The molecule has 4 aromatic rings. The molecule has 0 aliphatic carbocycles. The summed E-state index contributed by atoms with van der Waals surface area (Å²) in [6.45, 7) is 2.40. The first-order chi connectivity index (χ1) is 17.5. The molecular weight excluding hydrogens is 495 g/mol. The van der Waals surface area contributed by atoms with E-state index in [-0.39, 0.29) is 18.4 Å². The average Bonchev–Trinajstić information content (AvgIpc) is 3.30. The number of nitrogens with one attached hydrogen (secondary N) is 1. The van der Waals surface area contributed by atoms with Crippen LogP contribution < -0.4 is 5.32 Å². The van der Waals surface area contributed by atoms with Crippen molar-refractivity contribution in [3.8, 4) is 16.9 Å². The number of benzene rings is 3. The summed E-state index contributed by atoms with van der Waals surface area (Å²) in [6.07, 6.45) is 1.67. The molecule has 0 radical (unpaired) electrons. The monoisotopic (exact) mass is 520 g/mol. The number of amides is 2. The standard InChI is InChI=1S/C28H26Cl2N4O2/c1-2-3-17-33(28(36)21-13-15-22(29)16-14-21)19-27(35)31-26-18-24(20-9-5-4-6-10-20)32-34(26)25-12-8-7-11-23(25)30/h4-16,18H,2-3,17,19H2,1H3,(H,31,35). The lowest BCUT2D eigenvalue weighted by Gasteiger charge is -2.22. The number of hydrogen-bond acceptors (Lipinski definition) is 3. The Morgan fingerprint density at radius 1 is 0.944 bits per heavy atom. The fourth-order valence-electron chi connectivity index (χ4n) is 3.76. The van der Waals surface area contributed by atoms with Crippen LogP contribution in [0.3, 0.4) is 0 Å². The minimum absolute atomic E-state index is 0.101. The first-order valence-electron chi connectivity index (χ1n) is 11.7. The van der Waals surface area contributed by atoms with Gasteiger partial charge in [-0.25, -0.2) is 4.68 Å². The van der Waals surface area contributed by atoms with E-state index in [0.29, 0.717) is 39.4 Å². The van der Waals surface area contributed by atoms with Crippen molar-refractivity contribution in [3.05, 3.63) is 101 Å². The summed E-state index contributed by atoms with van der Waals surface area (Å²) in [5, 5.41) is 8.69. The molecule has 3 aromatic carbocycles. The largest absolute Gasteiger partial charge is 0.329 e. The molecule has 4 rings (SSSR count). The van der Waals surface area contributed by atoms with Crippen LogP contribution in [0.5, 0.6) is 0 Å². The predicted octanol–water partition coefficient (Wildman–Crippen LogP) is 6.73. The Labute approximate surface area is 220 Å². The van der Waals surface area contributed by atoms with Gasteiger partial charge in [-0.15, -0.1) is 0 Å². The van der Waals surface area contributed by atoms with Gasteiger partial charge in [-0.05, 0) is 42.8 Å². The fraction of sp³-hybridized carbons (Fsp3) is 0.179. The smallest absolute Gasteiger partial charge is 0.254 e. The Morgan fingerprint density at radius 3 is 2.33 bits per heavy atom. The van der Waals surface area contributed by atoms with E-state index in [1.54, 1.807) is 46.0 Å². The number of carbonyl (C=O) groups is 2. The molecule has 0 aliphatic heterocycles. The molecule has 36 heavy (non-hydrogen) atoms. The van der Waals surface area contributed by atoms with Gasteiger partial charge in [-0.3, -0.25) is 9.59 Å². The fourth-order valence-corrected chi connectivity index (χ4v) is 4.10. The van der Waals surface area contributed by atoms with Gasteiger partial charge in [-0.1, -0.05) is 79.0 Å². The summed E-state index contributed by atoms with van der Waals surface area (Å²) in [7, 11) is 0. The molecular formula is C28H26Cl2N4O2. The van der Waals surface area contributed by atoms with Gasteiger partial charge in [-0.2, -0.15) is 5.10 Å². The highest BCUT2D eigenvalue weighted by molar-refractivity contribution is 6.32. The highest BCUT2D eigenvalue weighted by atomic mass is 35.5. The second kappa shape index (κ2) is 11.9. The van der Waals surface area contributed by atoms with Gasteiger partial charge in [0, 0.05) is 28.8 Å². The van der Waals surface area contributed by atoms with E-state index in [0.717, 1.165) is 18.4 Å². The number of para-hydroxylation sites is 1. The molecule has 0 unspecified atom stereocenters.